The van der Waals surface area contributed by atoms with E-state index >= 15 is 0 Å². The topological polar surface area (TPSA) is 56.2 Å². The molecule has 4 heteroatoms. The van der Waals surface area contributed by atoms with Gasteiger partial charge in [-0.15, -0.1) is 0 Å². The molecule has 1 heterocycles. The number of hydrogen-bond acceptors (Lipinski definition) is 3. The van der Waals surface area contributed by atoms with Crippen LogP contribution in [-0.2, 0) is 11.4 Å². The fourth-order valence-electron chi connectivity index (χ4n) is 3.43. The van der Waals surface area contributed by atoms with Crippen LogP contribution in [0.4, 0.5) is 0 Å². The predicted octanol–water partition coefficient (Wildman–Crippen LogP) is 4.39. The van der Waals surface area contributed by atoms with Crippen LogP contribution in [-0.4, -0.2) is 5.97 Å². The van der Waals surface area contributed by atoms with Crippen LogP contribution in [0.15, 0.2) is 103 Å². The molecule has 0 fully saturated rings. The van der Waals surface area contributed by atoms with Gasteiger partial charge in [-0.2, -0.15) is 10.5 Å². The van der Waals surface area contributed by atoms with Crippen LogP contribution < -0.4 is 10.5 Å². The second-order valence-corrected chi connectivity index (χ2v) is 6.72. The van der Waals surface area contributed by atoms with Crippen LogP contribution in [0.3, 0.4) is 0 Å². The van der Waals surface area contributed by atoms with Crippen LogP contribution in [0, 0.1) is 0 Å². The van der Waals surface area contributed by atoms with Crippen LogP contribution in [0.1, 0.15) is 16.1 Å². The fourth-order valence-corrected chi connectivity index (χ4v) is 3.43. The third-order valence-corrected chi connectivity index (χ3v) is 4.84. The van der Waals surface area contributed by atoms with Crippen molar-refractivity contribution in [1.82, 2.24) is 0 Å². The zero-order valence-electron chi connectivity index (χ0n) is 15.9. The lowest BCUT2D eigenvalue weighted by atomic mass is 10.0. The van der Waals surface area contributed by atoms with E-state index in [2.05, 4.69) is 10.9 Å². The van der Waals surface area contributed by atoms with Crippen LogP contribution in [0.5, 0.6) is 0 Å². The minimum atomic E-state index is -0.573. The second-order valence-electron chi connectivity index (χ2n) is 6.72. The van der Waals surface area contributed by atoms with E-state index in [4.69, 9.17) is 5.90 Å². The van der Waals surface area contributed by atoms with E-state index in [9.17, 15) is 4.79 Å². The van der Waals surface area contributed by atoms with Gasteiger partial charge in [0.05, 0.1) is 0 Å². The Morgan fingerprint density at radius 2 is 1.28 bits per heavy atom. The number of hydrogen-bond donors (Lipinski definition) is 1. The van der Waals surface area contributed by atoms with Crippen molar-refractivity contribution in [3.05, 3.63) is 114 Å². The molecule has 0 spiro atoms. The smallest absolute Gasteiger partial charge is 0.365 e. The van der Waals surface area contributed by atoms with Gasteiger partial charge in [-0.3, -0.25) is 0 Å². The summed E-state index contributed by atoms with van der Waals surface area (Å²) in [5.41, 5.74) is 5.34. The molecule has 1 aromatic heterocycles. The highest BCUT2D eigenvalue weighted by Crippen LogP contribution is 2.25. The fraction of sp³-hybridized carbons (Fsp3) is 0.0400. The Morgan fingerprint density at radius 1 is 0.724 bits per heavy atom. The van der Waals surface area contributed by atoms with Gasteiger partial charge in [-0.05, 0) is 23.3 Å². The summed E-state index contributed by atoms with van der Waals surface area (Å²) in [5.74, 6) is 4.71. The molecule has 4 nitrogen and oxygen atoms in total. The first-order valence-corrected chi connectivity index (χ1v) is 9.40. The highest BCUT2D eigenvalue weighted by molar-refractivity contribution is 5.88. The van der Waals surface area contributed by atoms with Gasteiger partial charge in [0, 0.05) is 23.3 Å². The van der Waals surface area contributed by atoms with Gasteiger partial charge in [0.1, 0.15) is 0 Å². The molecule has 0 bridgehead atoms. The van der Waals surface area contributed by atoms with E-state index in [-0.39, 0.29) is 0 Å². The quantitative estimate of drug-likeness (QED) is 0.412. The second kappa shape index (κ2) is 8.50. The highest BCUT2D eigenvalue weighted by Gasteiger charge is 2.27. The molecule has 4 rings (SSSR count). The van der Waals surface area contributed by atoms with E-state index in [1.807, 2.05) is 102 Å². The Hall–Kier alpha value is -3.76. The van der Waals surface area contributed by atoms with Crippen molar-refractivity contribution in [3.63, 3.8) is 0 Å². The normalized spacial score (nSPS) is 10.5. The number of nitrogens with two attached hydrogens (primary N) is 1. The summed E-state index contributed by atoms with van der Waals surface area (Å²) >= 11 is 0. The monoisotopic (exact) mass is 381 g/mol. The number of nitrogens with zero attached hydrogens (tertiary/aromatic N) is 1. The summed E-state index contributed by atoms with van der Waals surface area (Å²) in [7, 11) is 0. The van der Waals surface area contributed by atoms with Crippen molar-refractivity contribution in [2.75, 3.05) is 0 Å². The maximum Gasteiger partial charge on any atom is 0.422 e. The number of aromatic nitrogens is 1. The van der Waals surface area contributed by atoms with Gasteiger partial charge in [0.15, 0.2) is 6.54 Å². The standard InChI is InChI=1S/C25H21N2O2/c26-29-25(28)24-17-22(20-12-6-2-7-13-20)16-23(21-14-8-3-9-15-21)27(24)18-19-10-4-1-5-11-19/h1-17H,18,26H2/q+1. The average Bonchev–Trinajstić information content (AvgIpc) is 2.80. The number of carbonyl (C=O) groups is 1. The summed E-state index contributed by atoms with van der Waals surface area (Å²) in [6, 6.07) is 33.9. The molecule has 3 aromatic carbocycles. The van der Waals surface area contributed by atoms with Crippen LogP contribution in [0.2, 0.25) is 0 Å². The molecule has 0 saturated carbocycles. The van der Waals surface area contributed by atoms with Gasteiger partial charge < -0.3 is 4.84 Å². The van der Waals surface area contributed by atoms with Gasteiger partial charge in [0.2, 0.25) is 5.69 Å². The molecule has 0 unspecified atom stereocenters. The van der Waals surface area contributed by atoms with E-state index in [0.29, 0.717) is 12.2 Å². The molecular formula is C25H21N2O2+. The highest BCUT2D eigenvalue weighted by atomic mass is 16.7. The molecule has 0 amide bonds. The Bertz CT molecular complexity index is 1110. The molecule has 0 saturated heterocycles. The molecule has 142 valence electrons. The van der Waals surface area contributed by atoms with E-state index in [0.717, 1.165) is 27.9 Å². The molecule has 2 N–H and O–H groups in total. The molecule has 4 aromatic rings. The Kier molecular flexibility index (Phi) is 5.45. The van der Waals surface area contributed by atoms with Crippen molar-refractivity contribution in [3.8, 4) is 22.4 Å². The van der Waals surface area contributed by atoms with Crippen LogP contribution >= 0.6 is 0 Å². The number of benzene rings is 3. The van der Waals surface area contributed by atoms with Crippen molar-refractivity contribution in [1.29, 1.82) is 0 Å². The lowest BCUT2D eigenvalue weighted by Gasteiger charge is -2.11. The molecular weight excluding hydrogens is 360 g/mol. The Morgan fingerprint density at radius 3 is 1.86 bits per heavy atom. The number of rotatable bonds is 5. The Labute approximate surface area is 169 Å². The maximum atomic E-state index is 12.6. The van der Waals surface area contributed by atoms with Crippen molar-refractivity contribution in [2.45, 2.75) is 6.54 Å². The number of carbonyl (C=O) groups excluding carboxylic acids is 1. The summed E-state index contributed by atoms with van der Waals surface area (Å²) in [4.78, 5) is 17.3. The van der Waals surface area contributed by atoms with E-state index in [1.54, 1.807) is 0 Å². The summed E-state index contributed by atoms with van der Waals surface area (Å²) < 4.78 is 1.95. The molecule has 0 atom stereocenters. The first-order valence-electron chi connectivity index (χ1n) is 9.40. The third kappa shape index (κ3) is 4.08. The predicted molar refractivity (Wildman–Crippen MR) is 113 cm³/mol. The first kappa shape index (κ1) is 18.6. The molecule has 0 radical (unpaired) electrons. The van der Waals surface area contributed by atoms with Gasteiger partial charge in [-0.1, -0.05) is 78.9 Å². The molecule has 0 aliphatic heterocycles. The maximum absolute atomic E-state index is 12.6. The minimum Gasteiger partial charge on any atom is -0.365 e. The minimum absolute atomic E-state index is 0.400. The zero-order chi connectivity index (χ0) is 20.1. The average molecular weight is 381 g/mol. The Balaban J connectivity index is 1.97. The molecule has 0 aliphatic carbocycles. The lowest BCUT2D eigenvalue weighted by Crippen LogP contribution is -2.44. The lowest BCUT2D eigenvalue weighted by molar-refractivity contribution is -0.679. The summed E-state index contributed by atoms with van der Waals surface area (Å²) in [6.07, 6.45) is 0. The van der Waals surface area contributed by atoms with E-state index < -0.39 is 5.97 Å². The first-order chi connectivity index (χ1) is 14.3. The SMILES string of the molecule is NOC(=O)c1cc(-c2ccccc2)cc(-c2ccccc2)[n+]1Cc1ccccc1. The zero-order valence-corrected chi connectivity index (χ0v) is 15.9. The number of pyridine rings is 1. The van der Waals surface area contributed by atoms with Crippen molar-refractivity contribution >= 4 is 5.97 Å². The van der Waals surface area contributed by atoms with Gasteiger partial charge >= 0.3 is 5.97 Å². The van der Waals surface area contributed by atoms with Crippen LogP contribution in [0.25, 0.3) is 22.4 Å². The van der Waals surface area contributed by atoms with Gasteiger partial charge in [0.25, 0.3) is 5.69 Å². The molecule has 0 aliphatic rings. The summed E-state index contributed by atoms with van der Waals surface area (Å²) in [6.45, 7) is 0.518. The summed E-state index contributed by atoms with van der Waals surface area (Å²) in [5, 5.41) is 0. The van der Waals surface area contributed by atoms with Crippen molar-refractivity contribution in [2.24, 2.45) is 5.90 Å². The van der Waals surface area contributed by atoms with Gasteiger partial charge in [-0.25, -0.2) is 4.79 Å². The largest absolute Gasteiger partial charge is 0.422 e. The third-order valence-electron chi connectivity index (χ3n) is 4.84. The van der Waals surface area contributed by atoms with E-state index in [1.165, 1.54) is 0 Å². The van der Waals surface area contributed by atoms with Crippen molar-refractivity contribution < 1.29 is 14.2 Å². The molecule has 29 heavy (non-hydrogen) atoms.